The third-order valence-corrected chi connectivity index (χ3v) is 4.14. The Hall–Kier alpha value is -2.74. The average Bonchev–Trinajstić information content (AvgIpc) is 3.03. The molecule has 2 aromatic heterocycles. The molecule has 0 radical (unpaired) electrons. The van der Waals surface area contributed by atoms with E-state index in [0.29, 0.717) is 16.4 Å². The van der Waals surface area contributed by atoms with Crippen molar-refractivity contribution in [1.82, 2.24) is 9.38 Å². The highest BCUT2D eigenvalue weighted by Crippen LogP contribution is 2.20. The molecule has 0 aliphatic carbocycles. The Balaban J connectivity index is 1.67. The normalized spacial score (nSPS) is 11.5. The van der Waals surface area contributed by atoms with Gasteiger partial charge >= 0.3 is 5.97 Å². The van der Waals surface area contributed by atoms with E-state index in [9.17, 15) is 14.0 Å². The van der Waals surface area contributed by atoms with Crippen LogP contribution in [-0.4, -0.2) is 21.0 Å². The first-order chi connectivity index (χ1) is 11.8. The topological polar surface area (TPSA) is 69.9 Å². The Bertz CT molecular complexity index is 963. The zero-order valence-electron chi connectivity index (χ0n) is 13.6. The van der Waals surface area contributed by atoms with E-state index in [1.807, 2.05) is 0 Å². The fourth-order valence-corrected chi connectivity index (χ4v) is 2.85. The highest BCUT2D eigenvalue weighted by Gasteiger charge is 2.32. The molecular weight excluding hydrogens is 347 g/mol. The van der Waals surface area contributed by atoms with Crippen molar-refractivity contribution in [1.29, 1.82) is 0 Å². The SMILES string of the molecule is CC(C)(Oc1ccc(F)cc1)C(=O)OCc1cc(=O)n2ccsc2n1. The van der Waals surface area contributed by atoms with Crippen LogP contribution in [0, 0.1) is 5.82 Å². The fraction of sp³-hybridized carbons (Fsp3) is 0.235. The number of carbonyl (C=O) groups excluding carboxylic acids is 1. The molecule has 0 fully saturated rings. The lowest BCUT2D eigenvalue weighted by Crippen LogP contribution is -2.39. The van der Waals surface area contributed by atoms with E-state index < -0.39 is 17.4 Å². The van der Waals surface area contributed by atoms with Crippen LogP contribution in [0.25, 0.3) is 4.96 Å². The first-order valence-electron chi connectivity index (χ1n) is 7.43. The predicted octanol–water partition coefficient (Wildman–Crippen LogP) is 2.80. The number of hydrogen-bond acceptors (Lipinski definition) is 6. The second-order valence-corrected chi connectivity index (χ2v) is 6.66. The van der Waals surface area contributed by atoms with Crippen molar-refractivity contribution in [2.75, 3.05) is 0 Å². The molecule has 0 saturated carbocycles. The van der Waals surface area contributed by atoms with Crippen molar-refractivity contribution in [3.8, 4) is 5.75 Å². The van der Waals surface area contributed by atoms with Crippen LogP contribution < -0.4 is 10.3 Å². The van der Waals surface area contributed by atoms with Crippen LogP contribution in [0.4, 0.5) is 4.39 Å². The van der Waals surface area contributed by atoms with Gasteiger partial charge in [0, 0.05) is 17.6 Å². The van der Waals surface area contributed by atoms with Crippen LogP contribution in [0.15, 0.2) is 46.7 Å². The van der Waals surface area contributed by atoms with Gasteiger partial charge in [0.05, 0.1) is 5.69 Å². The summed E-state index contributed by atoms with van der Waals surface area (Å²) in [4.78, 5) is 29.0. The van der Waals surface area contributed by atoms with Gasteiger partial charge in [-0.1, -0.05) is 0 Å². The maximum Gasteiger partial charge on any atom is 0.350 e. The van der Waals surface area contributed by atoms with Crippen molar-refractivity contribution in [3.63, 3.8) is 0 Å². The van der Waals surface area contributed by atoms with Crippen molar-refractivity contribution < 1.29 is 18.7 Å². The van der Waals surface area contributed by atoms with Crippen LogP contribution in [0.1, 0.15) is 19.5 Å². The van der Waals surface area contributed by atoms with Crippen molar-refractivity contribution in [2.45, 2.75) is 26.1 Å². The number of halogens is 1. The second kappa shape index (κ2) is 6.64. The molecule has 2 heterocycles. The number of nitrogens with zero attached hydrogens (tertiary/aromatic N) is 2. The molecule has 130 valence electrons. The molecule has 0 aliphatic heterocycles. The van der Waals surface area contributed by atoms with Crippen molar-refractivity contribution >= 4 is 22.3 Å². The summed E-state index contributed by atoms with van der Waals surface area (Å²) in [5.74, 6) is -0.668. The summed E-state index contributed by atoms with van der Waals surface area (Å²) in [7, 11) is 0. The highest BCUT2D eigenvalue weighted by molar-refractivity contribution is 7.15. The molecule has 0 N–H and O–H groups in total. The van der Waals surface area contributed by atoms with Gasteiger partial charge in [0.15, 0.2) is 10.6 Å². The third-order valence-electron chi connectivity index (χ3n) is 3.39. The highest BCUT2D eigenvalue weighted by atomic mass is 32.1. The number of rotatable bonds is 5. The van der Waals surface area contributed by atoms with E-state index >= 15 is 0 Å². The fourth-order valence-electron chi connectivity index (χ4n) is 2.11. The molecule has 8 heteroatoms. The van der Waals surface area contributed by atoms with Gasteiger partial charge in [-0.3, -0.25) is 9.20 Å². The van der Waals surface area contributed by atoms with Gasteiger partial charge in [0.25, 0.3) is 5.56 Å². The summed E-state index contributed by atoms with van der Waals surface area (Å²) in [6, 6.07) is 6.66. The minimum absolute atomic E-state index is 0.140. The van der Waals surface area contributed by atoms with Crippen molar-refractivity contribution in [3.05, 3.63) is 63.8 Å². The molecular formula is C17H15FN2O4S. The minimum atomic E-state index is -1.28. The number of esters is 1. The molecule has 3 aromatic rings. The van der Waals surface area contributed by atoms with Gasteiger partial charge in [-0.25, -0.2) is 14.2 Å². The van der Waals surface area contributed by atoms with Gasteiger partial charge in [-0.15, -0.1) is 11.3 Å². The van der Waals surface area contributed by atoms with E-state index in [0.717, 1.165) is 0 Å². The van der Waals surface area contributed by atoms with Gasteiger partial charge in [-0.05, 0) is 38.1 Å². The van der Waals surface area contributed by atoms with Gasteiger partial charge < -0.3 is 9.47 Å². The summed E-state index contributed by atoms with van der Waals surface area (Å²) in [6.07, 6.45) is 1.63. The largest absolute Gasteiger partial charge is 0.476 e. The van der Waals surface area contributed by atoms with Gasteiger partial charge in [-0.2, -0.15) is 0 Å². The summed E-state index contributed by atoms with van der Waals surface area (Å²) < 4.78 is 25.1. The number of carbonyl (C=O) groups is 1. The number of aromatic nitrogens is 2. The number of benzene rings is 1. The van der Waals surface area contributed by atoms with Crippen LogP contribution >= 0.6 is 11.3 Å². The Morgan fingerprint density at radius 2 is 2.04 bits per heavy atom. The zero-order valence-corrected chi connectivity index (χ0v) is 14.4. The third kappa shape index (κ3) is 3.85. The van der Waals surface area contributed by atoms with E-state index in [-0.39, 0.29) is 12.2 Å². The maximum atomic E-state index is 12.9. The molecule has 3 rings (SSSR count). The smallest absolute Gasteiger partial charge is 0.350 e. The Morgan fingerprint density at radius 1 is 1.32 bits per heavy atom. The Labute approximate surface area is 146 Å². The lowest BCUT2D eigenvalue weighted by molar-refractivity contribution is -0.160. The lowest BCUT2D eigenvalue weighted by Gasteiger charge is -2.24. The molecule has 0 unspecified atom stereocenters. The van der Waals surface area contributed by atoms with Crippen LogP contribution in [0.5, 0.6) is 5.75 Å². The first-order valence-corrected chi connectivity index (χ1v) is 8.31. The maximum absolute atomic E-state index is 12.9. The van der Waals surface area contributed by atoms with E-state index in [4.69, 9.17) is 9.47 Å². The summed E-state index contributed by atoms with van der Waals surface area (Å²) in [5, 5.41) is 1.75. The molecule has 25 heavy (non-hydrogen) atoms. The quantitative estimate of drug-likeness (QED) is 0.653. The van der Waals surface area contributed by atoms with Crippen molar-refractivity contribution in [2.24, 2.45) is 0 Å². The Morgan fingerprint density at radius 3 is 2.76 bits per heavy atom. The molecule has 1 aromatic carbocycles. The van der Waals surface area contributed by atoms with Gasteiger partial charge in [0.2, 0.25) is 0 Å². The molecule has 6 nitrogen and oxygen atoms in total. The van der Waals surface area contributed by atoms with E-state index in [1.54, 1.807) is 25.4 Å². The molecule has 0 saturated heterocycles. The summed E-state index contributed by atoms with van der Waals surface area (Å²) in [6.45, 7) is 2.95. The molecule has 0 spiro atoms. The first kappa shape index (κ1) is 17.1. The number of ether oxygens (including phenoxy) is 2. The van der Waals surface area contributed by atoms with Crippen LogP contribution in [0.3, 0.4) is 0 Å². The zero-order chi connectivity index (χ0) is 18.0. The van der Waals surface area contributed by atoms with E-state index in [2.05, 4.69) is 4.98 Å². The lowest BCUT2D eigenvalue weighted by atomic mass is 10.1. The number of fused-ring (bicyclic) bond motifs is 1. The van der Waals surface area contributed by atoms with E-state index in [1.165, 1.54) is 46.1 Å². The predicted molar refractivity (Wildman–Crippen MR) is 90.2 cm³/mol. The van der Waals surface area contributed by atoms with Gasteiger partial charge in [0.1, 0.15) is 18.2 Å². The van der Waals surface area contributed by atoms with Crippen LogP contribution in [0.2, 0.25) is 0 Å². The number of hydrogen-bond donors (Lipinski definition) is 0. The summed E-state index contributed by atoms with van der Waals surface area (Å²) in [5.41, 5.74) is -1.16. The molecule has 0 atom stereocenters. The summed E-state index contributed by atoms with van der Waals surface area (Å²) >= 11 is 1.31. The second-order valence-electron chi connectivity index (χ2n) is 5.78. The average molecular weight is 362 g/mol. The molecule has 0 aliphatic rings. The standard InChI is InChI=1S/C17H15FN2O4S/c1-17(2,24-13-5-3-11(18)4-6-13)15(22)23-10-12-9-14(21)20-7-8-25-16(20)19-12/h3-9H,10H2,1-2H3. The number of thiazole rings is 1. The van der Waals surface area contributed by atoms with Crippen LogP contribution in [-0.2, 0) is 16.1 Å². The monoisotopic (exact) mass is 362 g/mol. The molecule has 0 bridgehead atoms. The molecule has 0 amide bonds. The minimum Gasteiger partial charge on any atom is -0.476 e. The Kier molecular flexibility index (Phi) is 4.54.